The van der Waals surface area contributed by atoms with Crippen molar-refractivity contribution in [1.29, 1.82) is 0 Å². The lowest BCUT2D eigenvalue weighted by Gasteiger charge is -2.23. The zero-order valence-corrected chi connectivity index (χ0v) is 19.6. The molecule has 0 spiro atoms. The first-order chi connectivity index (χ1) is 14.4. The molecule has 31 heavy (non-hydrogen) atoms. The predicted octanol–water partition coefficient (Wildman–Crippen LogP) is 2.35. The number of benzene rings is 2. The Balaban J connectivity index is 2.22. The van der Waals surface area contributed by atoms with E-state index in [0.29, 0.717) is 13.0 Å². The first kappa shape index (κ1) is 25.3. The third kappa shape index (κ3) is 6.75. The Kier molecular flexibility index (Phi) is 8.61. The van der Waals surface area contributed by atoms with Crippen LogP contribution < -0.4 is 26.7 Å². The summed E-state index contributed by atoms with van der Waals surface area (Å²) in [6.07, 6.45) is 0.607. The second-order valence-corrected chi connectivity index (χ2v) is 9.79. The van der Waals surface area contributed by atoms with Gasteiger partial charge in [0, 0.05) is 24.6 Å². The van der Waals surface area contributed by atoms with E-state index in [1.807, 2.05) is 30.7 Å². The molecule has 0 saturated carbocycles. The van der Waals surface area contributed by atoms with Gasteiger partial charge in [-0.3, -0.25) is 4.72 Å². The Bertz CT molecular complexity index is 1060. The molecule has 2 rings (SSSR count). The highest BCUT2D eigenvalue weighted by molar-refractivity contribution is 7.91. The van der Waals surface area contributed by atoms with Crippen molar-refractivity contribution in [3.63, 3.8) is 0 Å². The van der Waals surface area contributed by atoms with Crippen molar-refractivity contribution in [2.45, 2.75) is 37.8 Å². The number of aryl methyl sites for hydroxylation is 1. The van der Waals surface area contributed by atoms with Crippen LogP contribution in [-0.4, -0.2) is 26.2 Å². The van der Waals surface area contributed by atoms with Crippen molar-refractivity contribution in [3.8, 4) is 5.75 Å². The number of hydrogen-bond donors (Lipinski definition) is 4. The maximum atomic E-state index is 14.5. The molecule has 0 aromatic heterocycles. The minimum atomic E-state index is -4.29. The van der Waals surface area contributed by atoms with E-state index in [1.165, 1.54) is 0 Å². The molecule has 11 heteroatoms. The molecule has 170 valence electrons. The normalized spacial score (nSPS) is 13.5. The second-order valence-electron chi connectivity index (χ2n) is 7.29. The number of hydrogen-bond acceptors (Lipinski definition) is 6. The van der Waals surface area contributed by atoms with Gasteiger partial charge in [0.1, 0.15) is 16.5 Å². The molecule has 0 bridgehead atoms. The lowest BCUT2D eigenvalue weighted by atomic mass is 9.90. The fourth-order valence-electron chi connectivity index (χ4n) is 3.03. The van der Waals surface area contributed by atoms with Gasteiger partial charge in [-0.15, -0.1) is 0 Å². The van der Waals surface area contributed by atoms with Crippen LogP contribution in [0.2, 0.25) is 5.02 Å². The fraction of sp³-hybridized carbons (Fsp3) is 0.350. The summed E-state index contributed by atoms with van der Waals surface area (Å²) < 4.78 is 46.3. The highest BCUT2D eigenvalue weighted by atomic mass is 35.5. The third-order valence-corrected chi connectivity index (χ3v) is 6.68. The minimum Gasteiger partial charge on any atom is -0.492 e. The summed E-state index contributed by atoms with van der Waals surface area (Å²) >= 11 is 10.6. The monoisotopic (exact) mass is 488 g/mol. The largest absolute Gasteiger partial charge is 0.492 e. The van der Waals surface area contributed by atoms with Gasteiger partial charge in [-0.05, 0) is 49.7 Å². The lowest BCUT2D eigenvalue weighted by Crippen LogP contribution is -2.35. The van der Waals surface area contributed by atoms with Crippen LogP contribution in [0, 0.1) is 18.7 Å². The van der Waals surface area contributed by atoms with Gasteiger partial charge < -0.3 is 21.9 Å². The van der Waals surface area contributed by atoms with E-state index in [-0.39, 0.29) is 29.3 Å². The summed E-state index contributed by atoms with van der Waals surface area (Å²) in [5, 5.41) is -0.588. The van der Waals surface area contributed by atoms with Crippen LogP contribution in [0.5, 0.6) is 5.75 Å². The van der Waals surface area contributed by atoms with Crippen LogP contribution in [0.25, 0.3) is 0 Å². The molecule has 2 aromatic carbocycles. The summed E-state index contributed by atoms with van der Waals surface area (Å²) in [5.41, 5.74) is 20.3. The molecule has 0 aliphatic rings. The zero-order chi connectivity index (χ0) is 23.3. The molecular weight excluding hydrogens is 463 g/mol. The van der Waals surface area contributed by atoms with Crippen LogP contribution in [0.15, 0.2) is 35.2 Å². The summed E-state index contributed by atoms with van der Waals surface area (Å²) in [6, 6.07) is 7.65. The van der Waals surface area contributed by atoms with Crippen molar-refractivity contribution in [2.75, 3.05) is 6.61 Å². The molecule has 0 saturated heterocycles. The standard InChI is InChI=1S/C20H26ClFN4O3S2/c1-11-3-4-13(9-23)14(5-11)6-15(12(2)24)10-29-18-8-17(22)19(7-16(18)21)31(27,28)26-20(25)30/h3-5,7-8,12,15H,6,9-10,23-24H2,1-2H3,(H3,25,26,30)/t12-,15+/m1/s1. The molecule has 0 fully saturated rings. The van der Waals surface area contributed by atoms with E-state index in [9.17, 15) is 12.8 Å². The SMILES string of the molecule is Cc1ccc(CN)c(C[C@@H](COc2cc(F)c(S(=O)(=O)NC(N)=S)cc2Cl)[C@@H](C)N)c1. The summed E-state index contributed by atoms with van der Waals surface area (Å²) in [5.74, 6) is -1.17. The van der Waals surface area contributed by atoms with Crippen LogP contribution in [0.3, 0.4) is 0 Å². The maximum absolute atomic E-state index is 14.5. The Morgan fingerprint density at radius 3 is 2.55 bits per heavy atom. The highest BCUT2D eigenvalue weighted by Crippen LogP contribution is 2.31. The number of nitrogens with one attached hydrogen (secondary N) is 1. The highest BCUT2D eigenvalue weighted by Gasteiger charge is 2.23. The van der Waals surface area contributed by atoms with Gasteiger partial charge in [-0.2, -0.15) is 0 Å². The summed E-state index contributed by atoms with van der Waals surface area (Å²) in [7, 11) is -4.29. The molecule has 0 amide bonds. The number of sulfonamides is 1. The van der Waals surface area contributed by atoms with Crippen LogP contribution in [-0.2, 0) is 23.0 Å². The second kappa shape index (κ2) is 10.6. The number of thiocarbonyl (C=S) groups is 1. The predicted molar refractivity (Wildman–Crippen MR) is 124 cm³/mol. The Morgan fingerprint density at radius 2 is 1.97 bits per heavy atom. The maximum Gasteiger partial charge on any atom is 0.266 e. The van der Waals surface area contributed by atoms with Crippen LogP contribution in [0.1, 0.15) is 23.6 Å². The van der Waals surface area contributed by atoms with Crippen molar-refractivity contribution in [3.05, 3.63) is 57.9 Å². The van der Waals surface area contributed by atoms with Crippen molar-refractivity contribution in [1.82, 2.24) is 4.72 Å². The first-order valence-corrected chi connectivity index (χ1v) is 11.7. The summed E-state index contributed by atoms with van der Waals surface area (Å²) in [4.78, 5) is -0.686. The van der Waals surface area contributed by atoms with Gasteiger partial charge in [0.05, 0.1) is 11.6 Å². The molecule has 2 aromatic rings. The molecule has 0 heterocycles. The Labute approximate surface area is 192 Å². The molecule has 0 aliphatic heterocycles. The lowest BCUT2D eigenvalue weighted by molar-refractivity contribution is 0.228. The van der Waals surface area contributed by atoms with Gasteiger partial charge in [0.15, 0.2) is 5.11 Å². The van der Waals surface area contributed by atoms with E-state index in [4.69, 9.17) is 33.5 Å². The molecule has 0 radical (unpaired) electrons. The van der Waals surface area contributed by atoms with E-state index < -0.39 is 25.8 Å². The first-order valence-electron chi connectivity index (χ1n) is 9.42. The van der Waals surface area contributed by atoms with Gasteiger partial charge >= 0.3 is 0 Å². The van der Waals surface area contributed by atoms with Gasteiger partial charge in [0.2, 0.25) is 0 Å². The third-order valence-electron chi connectivity index (χ3n) is 4.77. The number of nitrogens with two attached hydrogens (primary N) is 3. The van der Waals surface area contributed by atoms with E-state index in [1.54, 1.807) is 0 Å². The van der Waals surface area contributed by atoms with Gasteiger partial charge in [-0.1, -0.05) is 35.4 Å². The smallest absolute Gasteiger partial charge is 0.266 e. The molecular formula is C20H26ClFN4O3S2. The number of ether oxygens (including phenoxy) is 1. The Morgan fingerprint density at radius 1 is 1.29 bits per heavy atom. The van der Waals surface area contributed by atoms with Crippen LogP contribution >= 0.6 is 23.8 Å². The fourth-order valence-corrected chi connectivity index (χ4v) is 4.61. The minimum absolute atomic E-state index is 0.00221. The Hall–Kier alpha value is -1.98. The molecule has 0 unspecified atom stereocenters. The average Bonchev–Trinajstić information content (AvgIpc) is 2.66. The molecule has 7 nitrogen and oxygen atoms in total. The topological polar surface area (TPSA) is 133 Å². The number of halogens is 2. The molecule has 2 atom stereocenters. The van der Waals surface area contributed by atoms with E-state index in [0.717, 1.165) is 28.8 Å². The van der Waals surface area contributed by atoms with E-state index >= 15 is 0 Å². The van der Waals surface area contributed by atoms with Gasteiger partial charge in [0.25, 0.3) is 10.0 Å². The quantitative estimate of drug-likeness (QED) is 0.398. The van der Waals surface area contributed by atoms with Crippen LogP contribution in [0.4, 0.5) is 4.39 Å². The van der Waals surface area contributed by atoms with Crippen molar-refractivity contribution >= 4 is 39.0 Å². The van der Waals surface area contributed by atoms with Crippen molar-refractivity contribution < 1.29 is 17.5 Å². The summed E-state index contributed by atoms with van der Waals surface area (Å²) in [6.45, 7) is 4.39. The number of rotatable bonds is 9. The van der Waals surface area contributed by atoms with Gasteiger partial charge in [-0.25, -0.2) is 12.8 Å². The molecule has 0 aliphatic carbocycles. The molecule has 7 N–H and O–H groups in total. The zero-order valence-electron chi connectivity index (χ0n) is 17.2. The average molecular weight is 489 g/mol. The van der Waals surface area contributed by atoms with E-state index in [2.05, 4.69) is 18.3 Å². The van der Waals surface area contributed by atoms with Crippen molar-refractivity contribution in [2.24, 2.45) is 23.1 Å².